The van der Waals surface area contributed by atoms with Gasteiger partial charge in [0, 0.05) is 30.9 Å². The van der Waals surface area contributed by atoms with Crippen molar-refractivity contribution >= 4 is 23.0 Å². The Labute approximate surface area is 139 Å². The molecule has 1 saturated heterocycles. The maximum atomic E-state index is 5.43. The van der Waals surface area contributed by atoms with Crippen molar-refractivity contribution in [3.05, 3.63) is 29.3 Å². The van der Waals surface area contributed by atoms with Crippen LogP contribution in [0.3, 0.4) is 0 Å². The lowest BCUT2D eigenvalue weighted by atomic mass is 10.0. The van der Waals surface area contributed by atoms with E-state index < -0.39 is 0 Å². The molecule has 1 aromatic rings. The monoisotopic (exact) mass is 321 g/mol. The Hall–Kier alpha value is -1.17. The summed E-state index contributed by atoms with van der Waals surface area (Å²) in [6, 6.07) is 6.32. The zero-order chi connectivity index (χ0) is 16.2. The molecule has 1 heterocycles. The van der Waals surface area contributed by atoms with Crippen LogP contribution in [0, 0.1) is 13.8 Å². The first kappa shape index (κ1) is 17.2. The molecule has 1 fully saturated rings. The van der Waals surface area contributed by atoms with E-state index in [0.29, 0.717) is 5.11 Å². The fraction of sp³-hybridized carbons (Fsp3) is 0.588. The minimum Gasteiger partial charge on any atom is -0.379 e. The number of rotatable bonds is 4. The maximum absolute atomic E-state index is 5.43. The predicted molar refractivity (Wildman–Crippen MR) is 96.6 cm³/mol. The molecule has 0 atom stereocenters. The molecule has 2 rings (SSSR count). The van der Waals surface area contributed by atoms with Gasteiger partial charge in [-0.15, -0.1) is 0 Å². The largest absolute Gasteiger partial charge is 0.379 e. The number of anilines is 1. The third kappa shape index (κ3) is 4.66. The summed E-state index contributed by atoms with van der Waals surface area (Å²) in [6.07, 6.45) is 0. The third-order valence-corrected chi connectivity index (χ3v) is 4.43. The van der Waals surface area contributed by atoms with Gasteiger partial charge < -0.3 is 15.4 Å². The molecular formula is C17H27N3OS. The summed E-state index contributed by atoms with van der Waals surface area (Å²) in [4.78, 5) is 2.45. The van der Waals surface area contributed by atoms with Crippen molar-refractivity contribution in [2.45, 2.75) is 33.2 Å². The number of aryl methyl sites for hydroxylation is 2. The van der Waals surface area contributed by atoms with E-state index in [1.165, 1.54) is 11.1 Å². The summed E-state index contributed by atoms with van der Waals surface area (Å²) in [5, 5.41) is 7.31. The summed E-state index contributed by atoms with van der Waals surface area (Å²) >= 11 is 5.43. The normalized spacial score (nSPS) is 16.4. The van der Waals surface area contributed by atoms with E-state index in [-0.39, 0.29) is 5.54 Å². The van der Waals surface area contributed by atoms with Crippen LogP contribution in [-0.2, 0) is 4.74 Å². The van der Waals surface area contributed by atoms with Gasteiger partial charge >= 0.3 is 0 Å². The van der Waals surface area contributed by atoms with E-state index >= 15 is 0 Å². The zero-order valence-corrected chi connectivity index (χ0v) is 14.8. The van der Waals surface area contributed by atoms with Crippen molar-refractivity contribution in [1.82, 2.24) is 10.2 Å². The highest BCUT2D eigenvalue weighted by Gasteiger charge is 2.28. The molecule has 0 aromatic heterocycles. The molecular weight excluding hydrogens is 294 g/mol. The standard InChI is InChI=1S/C17H27N3OS/c1-13-5-6-15(14(2)11-13)19-16(22)18-12-17(3,4)20-7-9-21-10-8-20/h5-6,11H,7-10,12H2,1-4H3,(H2,18,19,22). The SMILES string of the molecule is Cc1ccc(NC(=S)NCC(C)(C)N2CCOCC2)c(C)c1. The summed E-state index contributed by atoms with van der Waals surface area (Å²) < 4.78 is 5.42. The first-order valence-corrected chi connectivity index (χ1v) is 8.24. The molecule has 1 aliphatic rings. The van der Waals surface area contributed by atoms with Crippen LogP contribution in [0.5, 0.6) is 0 Å². The molecule has 0 amide bonds. The molecule has 0 radical (unpaired) electrons. The van der Waals surface area contributed by atoms with Crippen LogP contribution in [0.15, 0.2) is 18.2 Å². The molecule has 122 valence electrons. The molecule has 0 bridgehead atoms. The summed E-state index contributed by atoms with van der Waals surface area (Å²) in [7, 11) is 0. The molecule has 4 nitrogen and oxygen atoms in total. The van der Waals surface area contributed by atoms with Crippen molar-refractivity contribution < 1.29 is 4.74 Å². The molecule has 0 spiro atoms. The Morgan fingerprint density at radius 3 is 2.59 bits per heavy atom. The number of nitrogens with one attached hydrogen (secondary N) is 2. The maximum Gasteiger partial charge on any atom is 0.170 e. The van der Waals surface area contributed by atoms with Crippen LogP contribution in [0.25, 0.3) is 0 Å². The molecule has 0 aliphatic carbocycles. The first-order valence-electron chi connectivity index (χ1n) is 7.83. The average molecular weight is 321 g/mol. The lowest BCUT2D eigenvalue weighted by Gasteiger charge is -2.41. The third-order valence-electron chi connectivity index (χ3n) is 4.18. The molecule has 0 unspecified atom stereocenters. The number of hydrogen-bond acceptors (Lipinski definition) is 3. The topological polar surface area (TPSA) is 36.5 Å². The Balaban J connectivity index is 1.86. The van der Waals surface area contributed by atoms with Crippen LogP contribution in [0.4, 0.5) is 5.69 Å². The predicted octanol–water partition coefficient (Wildman–Crippen LogP) is 2.70. The van der Waals surface area contributed by atoms with Crippen molar-refractivity contribution in [2.75, 3.05) is 38.2 Å². The van der Waals surface area contributed by atoms with Gasteiger partial charge in [-0.2, -0.15) is 0 Å². The minimum absolute atomic E-state index is 0.0534. The van der Waals surface area contributed by atoms with Crippen molar-refractivity contribution in [3.8, 4) is 0 Å². The van der Waals surface area contributed by atoms with Crippen LogP contribution < -0.4 is 10.6 Å². The summed E-state index contributed by atoms with van der Waals surface area (Å²) in [5.74, 6) is 0. The van der Waals surface area contributed by atoms with Gasteiger partial charge in [-0.25, -0.2) is 0 Å². The Morgan fingerprint density at radius 1 is 1.27 bits per heavy atom. The van der Waals surface area contributed by atoms with Gasteiger partial charge in [0.1, 0.15) is 0 Å². The van der Waals surface area contributed by atoms with Crippen LogP contribution >= 0.6 is 12.2 Å². The Kier molecular flexibility index (Phi) is 5.78. The summed E-state index contributed by atoms with van der Waals surface area (Å²) in [6.45, 7) is 13.1. The average Bonchev–Trinajstić information content (AvgIpc) is 2.49. The molecule has 2 N–H and O–H groups in total. The number of thiocarbonyl (C=S) groups is 1. The summed E-state index contributed by atoms with van der Waals surface area (Å²) in [5.41, 5.74) is 3.58. The van der Waals surface area contributed by atoms with Gasteiger partial charge in [-0.05, 0) is 51.5 Å². The second kappa shape index (κ2) is 7.40. The quantitative estimate of drug-likeness (QED) is 0.834. The second-order valence-corrected chi connectivity index (χ2v) is 6.95. The number of benzene rings is 1. The molecule has 1 aliphatic heterocycles. The number of morpholine rings is 1. The molecule has 1 aromatic carbocycles. The molecule has 22 heavy (non-hydrogen) atoms. The smallest absolute Gasteiger partial charge is 0.170 e. The zero-order valence-electron chi connectivity index (χ0n) is 14.0. The van der Waals surface area contributed by atoms with Crippen molar-refractivity contribution in [1.29, 1.82) is 0 Å². The van der Waals surface area contributed by atoms with Gasteiger partial charge in [0.25, 0.3) is 0 Å². The van der Waals surface area contributed by atoms with Crippen molar-refractivity contribution in [3.63, 3.8) is 0 Å². The van der Waals surface area contributed by atoms with E-state index in [2.05, 4.69) is 61.4 Å². The molecule has 0 saturated carbocycles. The van der Waals surface area contributed by atoms with E-state index in [0.717, 1.165) is 38.5 Å². The number of hydrogen-bond donors (Lipinski definition) is 2. The van der Waals surface area contributed by atoms with Crippen LogP contribution in [0.2, 0.25) is 0 Å². The molecule has 5 heteroatoms. The van der Waals surface area contributed by atoms with Gasteiger partial charge in [0.05, 0.1) is 13.2 Å². The highest BCUT2D eigenvalue weighted by molar-refractivity contribution is 7.80. The highest BCUT2D eigenvalue weighted by atomic mass is 32.1. The van der Waals surface area contributed by atoms with Crippen LogP contribution in [0.1, 0.15) is 25.0 Å². The second-order valence-electron chi connectivity index (χ2n) is 6.54. The fourth-order valence-corrected chi connectivity index (χ4v) is 2.88. The Bertz CT molecular complexity index is 525. The Morgan fingerprint density at radius 2 is 1.95 bits per heavy atom. The van der Waals surface area contributed by atoms with E-state index in [1.807, 2.05) is 0 Å². The van der Waals surface area contributed by atoms with E-state index in [1.54, 1.807) is 0 Å². The van der Waals surface area contributed by atoms with E-state index in [9.17, 15) is 0 Å². The van der Waals surface area contributed by atoms with Gasteiger partial charge in [0.2, 0.25) is 0 Å². The minimum atomic E-state index is 0.0534. The number of ether oxygens (including phenoxy) is 1. The lowest BCUT2D eigenvalue weighted by molar-refractivity contribution is -0.00823. The lowest BCUT2D eigenvalue weighted by Crippen LogP contribution is -2.55. The highest BCUT2D eigenvalue weighted by Crippen LogP contribution is 2.17. The van der Waals surface area contributed by atoms with Gasteiger partial charge in [-0.1, -0.05) is 17.7 Å². The van der Waals surface area contributed by atoms with Gasteiger partial charge in [0.15, 0.2) is 5.11 Å². The number of nitrogens with zero attached hydrogens (tertiary/aromatic N) is 1. The van der Waals surface area contributed by atoms with E-state index in [4.69, 9.17) is 17.0 Å². The first-order chi connectivity index (χ1) is 10.4. The van der Waals surface area contributed by atoms with Crippen LogP contribution in [-0.4, -0.2) is 48.4 Å². The fourth-order valence-electron chi connectivity index (χ4n) is 2.70. The van der Waals surface area contributed by atoms with Gasteiger partial charge in [-0.3, -0.25) is 4.90 Å². The van der Waals surface area contributed by atoms with Crippen molar-refractivity contribution in [2.24, 2.45) is 0 Å².